The summed E-state index contributed by atoms with van der Waals surface area (Å²) in [5.74, 6) is -0.290. The van der Waals surface area contributed by atoms with Gasteiger partial charge in [-0.15, -0.1) is 0 Å². The van der Waals surface area contributed by atoms with E-state index in [1.807, 2.05) is 6.07 Å². The molecule has 25 heavy (non-hydrogen) atoms. The molecule has 7 heteroatoms. The van der Waals surface area contributed by atoms with Gasteiger partial charge in [-0.25, -0.2) is 4.39 Å². The summed E-state index contributed by atoms with van der Waals surface area (Å²) in [5, 5.41) is 18.6. The summed E-state index contributed by atoms with van der Waals surface area (Å²) >= 11 is 0. The Bertz CT molecular complexity index is 934. The van der Waals surface area contributed by atoms with E-state index in [0.29, 0.717) is 22.6 Å². The summed E-state index contributed by atoms with van der Waals surface area (Å²) in [7, 11) is 0. The van der Waals surface area contributed by atoms with Crippen LogP contribution in [0.5, 0.6) is 0 Å². The van der Waals surface area contributed by atoms with Crippen LogP contribution in [0, 0.1) is 17.1 Å². The second-order valence-corrected chi connectivity index (χ2v) is 5.14. The van der Waals surface area contributed by atoms with Crippen LogP contribution < -0.4 is 5.32 Å². The number of aromatic amines is 1. The molecule has 0 fully saturated rings. The molecule has 0 aliphatic rings. The van der Waals surface area contributed by atoms with Crippen LogP contribution in [0.4, 0.5) is 4.39 Å². The van der Waals surface area contributed by atoms with Crippen LogP contribution in [-0.2, 0) is 11.3 Å². The number of aromatic nitrogens is 2. The monoisotopic (exact) mass is 336 g/mol. The van der Waals surface area contributed by atoms with Gasteiger partial charge in [0.2, 0.25) is 0 Å². The number of nitrogens with one attached hydrogen (secondary N) is 2. The second kappa shape index (κ2) is 7.27. The number of nitriles is 1. The molecule has 3 aromatic rings. The number of hydrogen-bond acceptors (Lipinski definition) is 4. The van der Waals surface area contributed by atoms with E-state index in [1.165, 1.54) is 30.7 Å². The average Bonchev–Trinajstić information content (AvgIpc) is 3.30. The number of furan rings is 1. The summed E-state index contributed by atoms with van der Waals surface area (Å²) in [5.41, 5.74) is 1.76. The Hall–Kier alpha value is -3.66. The molecule has 6 nitrogen and oxygen atoms in total. The van der Waals surface area contributed by atoms with Crippen molar-refractivity contribution in [1.29, 1.82) is 5.26 Å². The third-order valence-electron chi connectivity index (χ3n) is 3.47. The van der Waals surface area contributed by atoms with Crippen molar-refractivity contribution in [3.63, 3.8) is 0 Å². The Morgan fingerprint density at radius 1 is 1.36 bits per heavy atom. The number of carbonyl (C=O) groups is 1. The first kappa shape index (κ1) is 16.2. The summed E-state index contributed by atoms with van der Waals surface area (Å²) in [6.07, 6.45) is 4.43. The summed E-state index contributed by atoms with van der Waals surface area (Å²) in [6, 6.07) is 11.1. The smallest absolute Gasteiger partial charge is 0.262 e. The van der Waals surface area contributed by atoms with Gasteiger partial charge in [0, 0.05) is 11.1 Å². The van der Waals surface area contributed by atoms with E-state index in [9.17, 15) is 14.4 Å². The lowest BCUT2D eigenvalue weighted by Crippen LogP contribution is -2.23. The van der Waals surface area contributed by atoms with Gasteiger partial charge in [0.25, 0.3) is 5.91 Å². The first-order valence-corrected chi connectivity index (χ1v) is 7.39. The normalized spacial score (nSPS) is 11.1. The lowest BCUT2D eigenvalue weighted by molar-refractivity contribution is -0.117. The minimum absolute atomic E-state index is 0.0729. The van der Waals surface area contributed by atoms with Gasteiger partial charge in [-0.3, -0.25) is 9.89 Å². The number of carbonyl (C=O) groups excluding carboxylic acids is 1. The van der Waals surface area contributed by atoms with Crippen molar-refractivity contribution in [3.05, 3.63) is 71.6 Å². The maximum atomic E-state index is 13.1. The number of hydrogen-bond donors (Lipinski definition) is 2. The zero-order valence-electron chi connectivity index (χ0n) is 13.0. The molecule has 124 valence electrons. The van der Waals surface area contributed by atoms with E-state index in [2.05, 4.69) is 15.5 Å². The quantitative estimate of drug-likeness (QED) is 0.553. The lowest BCUT2D eigenvalue weighted by Gasteiger charge is -2.03. The van der Waals surface area contributed by atoms with Crippen LogP contribution >= 0.6 is 0 Å². The van der Waals surface area contributed by atoms with Gasteiger partial charge in [-0.1, -0.05) is 0 Å². The molecular weight excluding hydrogens is 323 g/mol. The highest BCUT2D eigenvalue weighted by atomic mass is 19.1. The largest absolute Gasteiger partial charge is 0.467 e. The van der Waals surface area contributed by atoms with Crippen molar-refractivity contribution in [2.75, 3.05) is 0 Å². The SMILES string of the molecule is N#CC(=Cc1cn[nH]c1-c1ccc(F)cc1)C(=O)NCc1ccco1. The molecule has 0 radical (unpaired) electrons. The van der Waals surface area contributed by atoms with Gasteiger partial charge in [-0.05, 0) is 42.5 Å². The molecule has 0 atom stereocenters. The topological polar surface area (TPSA) is 94.7 Å². The Morgan fingerprint density at radius 3 is 2.84 bits per heavy atom. The highest BCUT2D eigenvalue weighted by Gasteiger charge is 2.13. The second-order valence-electron chi connectivity index (χ2n) is 5.14. The highest BCUT2D eigenvalue weighted by molar-refractivity contribution is 6.02. The molecule has 2 heterocycles. The van der Waals surface area contributed by atoms with Crippen molar-refractivity contribution >= 4 is 12.0 Å². The summed E-state index contributed by atoms with van der Waals surface area (Å²) in [4.78, 5) is 12.2. The molecule has 1 amide bonds. The average molecular weight is 336 g/mol. The van der Waals surface area contributed by atoms with Crippen molar-refractivity contribution in [1.82, 2.24) is 15.5 Å². The molecule has 0 aliphatic heterocycles. The zero-order chi connectivity index (χ0) is 17.6. The van der Waals surface area contributed by atoms with E-state index in [1.54, 1.807) is 24.3 Å². The van der Waals surface area contributed by atoms with E-state index < -0.39 is 5.91 Å². The van der Waals surface area contributed by atoms with Gasteiger partial charge in [0.15, 0.2) is 0 Å². The highest BCUT2D eigenvalue weighted by Crippen LogP contribution is 2.23. The molecule has 0 bridgehead atoms. The third-order valence-corrected chi connectivity index (χ3v) is 3.47. The molecule has 0 aliphatic carbocycles. The summed E-state index contributed by atoms with van der Waals surface area (Å²) < 4.78 is 18.2. The number of rotatable bonds is 5. The Labute approximate surface area is 142 Å². The number of halogens is 1. The first-order valence-electron chi connectivity index (χ1n) is 7.39. The third kappa shape index (κ3) is 3.82. The van der Waals surface area contributed by atoms with Crippen LogP contribution in [-0.4, -0.2) is 16.1 Å². The molecule has 0 unspecified atom stereocenters. The predicted octanol–water partition coefficient (Wildman–Crippen LogP) is 3.03. The zero-order valence-corrected chi connectivity index (χ0v) is 13.0. The fraction of sp³-hybridized carbons (Fsp3) is 0.0556. The first-order chi connectivity index (χ1) is 12.2. The van der Waals surface area contributed by atoms with E-state index >= 15 is 0 Å². The van der Waals surface area contributed by atoms with Gasteiger partial charge < -0.3 is 9.73 Å². The summed E-state index contributed by atoms with van der Waals surface area (Å²) in [6.45, 7) is 0.182. The molecule has 2 N–H and O–H groups in total. The molecule has 3 rings (SSSR count). The van der Waals surface area contributed by atoms with Crippen LogP contribution in [0.1, 0.15) is 11.3 Å². The Kier molecular flexibility index (Phi) is 4.72. The van der Waals surface area contributed by atoms with Crippen molar-refractivity contribution in [2.24, 2.45) is 0 Å². The van der Waals surface area contributed by atoms with Crippen molar-refractivity contribution in [3.8, 4) is 17.3 Å². The molecule has 0 saturated carbocycles. The maximum absolute atomic E-state index is 13.1. The van der Waals surface area contributed by atoms with E-state index in [4.69, 9.17) is 4.42 Å². The molecule has 2 aromatic heterocycles. The number of H-pyrrole nitrogens is 1. The standard InChI is InChI=1S/C18H13FN4O2/c19-15-5-3-12(4-6-15)17-14(10-22-23-17)8-13(9-20)18(24)21-11-16-2-1-7-25-16/h1-8,10H,11H2,(H,21,24)(H,22,23). The number of nitrogens with zero attached hydrogens (tertiary/aromatic N) is 2. The van der Waals surface area contributed by atoms with Crippen molar-refractivity contribution in [2.45, 2.75) is 6.54 Å². The Morgan fingerprint density at radius 2 is 2.16 bits per heavy atom. The van der Waals surface area contributed by atoms with Crippen LogP contribution in [0.25, 0.3) is 17.3 Å². The molecular formula is C18H13FN4O2. The van der Waals surface area contributed by atoms with Gasteiger partial charge in [0.1, 0.15) is 23.2 Å². The minimum Gasteiger partial charge on any atom is -0.467 e. The fourth-order valence-electron chi connectivity index (χ4n) is 2.23. The van der Waals surface area contributed by atoms with Gasteiger partial charge in [-0.2, -0.15) is 10.4 Å². The van der Waals surface area contributed by atoms with E-state index in [-0.39, 0.29) is 17.9 Å². The van der Waals surface area contributed by atoms with Crippen LogP contribution in [0.15, 0.2) is 58.8 Å². The molecule has 0 spiro atoms. The van der Waals surface area contributed by atoms with Gasteiger partial charge >= 0.3 is 0 Å². The number of benzene rings is 1. The van der Waals surface area contributed by atoms with Crippen LogP contribution in [0.2, 0.25) is 0 Å². The Balaban J connectivity index is 1.81. The minimum atomic E-state index is -0.523. The van der Waals surface area contributed by atoms with E-state index in [0.717, 1.165) is 0 Å². The van der Waals surface area contributed by atoms with Crippen LogP contribution in [0.3, 0.4) is 0 Å². The molecule has 0 saturated heterocycles. The number of amides is 1. The predicted molar refractivity (Wildman–Crippen MR) is 88.1 cm³/mol. The fourth-order valence-corrected chi connectivity index (χ4v) is 2.23. The lowest BCUT2D eigenvalue weighted by atomic mass is 10.1. The maximum Gasteiger partial charge on any atom is 0.262 e. The van der Waals surface area contributed by atoms with Crippen molar-refractivity contribution < 1.29 is 13.6 Å². The van der Waals surface area contributed by atoms with Gasteiger partial charge in [0.05, 0.1) is 24.7 Å². The molecule has 1 aromatic carbocycles.